The van der Waals surface area contributed by atoms with Crippen molar-refractivity contribution in [2.45, 2.75) is 32.4 Å². The van der Waals surface area contributed by atoms with Gasteiger partial charge in [-0.3, -0.25) is 4.90 Å². The van der Waals surface area contributed by atoms with Crippen LogP contribution in [0.25, 0.3) is 0 Å². The Bertz CT molecular complexity index is 395. The summed E-state index contributed by atoms with van der Waals surface area (Å²) in [5.41, 5.74) is 6.86. The molecule has 1 fully saturated rings. The second-order valence-electron chi connectivity index (χ2n) is 4.81. The minimum absolute atomic E-state index is 0. The van der Waals surface area contributed by atoms with E-state index in [0.29, 0.717) is 18.4 Å². The van der Waals surface area contributed by atoms with E-state index < -0.39 is 0 Å². The Kier molecular flexibility index (Phi) is 6.55. The molecule has 1 aromatic carbocycles. The molecule has 108 valence electrons. The second-order valence-corrected chi connectivity index (χ2v) is 4.81. The van der Waals surface area contributed by atoms with Crippen LogP contribution < -0.4 is 10.5 Å². The highest BCUT2D eigenvalue weighted by Crippen LogP contribution is 2.20. The van der Waals surface area contributed by atoms with Gasteiger partial charge < -0.3 is 10.5 Å². The van der Waals surface area contributed by atoms with Gasteiger partial charge in [-0.05, 0) is 50.6 Å². The topological polar surface area (TPSA) is 38.5 Å². The zero-order valence-corrected chi connectivity index (χ0v) is 12.1. The summed E-state index contributed by atoms with van der Waals surface area (Å²) in [7, 11) is 0. The van der Waals surface area contributed by atoms with Gasteiger partial charge in [0.1, 0.15) is 0 Å². The van der Waals surface area contributed by atoms with Gasteiger partial charge in [-0.1, -0.05) is 6.07 Å². The van der Waals surface area contributed by atoms with Gasteiger partial charge in [0.2, 0.25) is 0 Å². The lowest BCUT2D eigenvalue weighted by Crippen LogP contribution is -2.39. The van der Waals surface area contributed by atoms with Crippen LogP contribution in [0, 0.1) is 5.82 Å². The fourth-order valence-electron chi connectivity index (χ4n) is 2.28. The number of ether oxygens (including phenoxy) is 1. The van der Waals surface area contributed by atoms with Crippen LogP contribution in [0.2, 0.25) is 0 Å². The molecular formula is C14H22ClFN2O. The standard InChI is InChI=1S/C14H21FN2O.ClH/c1-2-18-14-4-3-11(9-13(14)15)10-17-7-5-12(16)6-8-17;/h3-4,9,12H,2,5-8,10,16H2,1H3;1H. The molecule has 0 saturated carbocycles. The molecule has 0 amide bonds. The van der Waals surface area contributed by atoms with Crippen LogP contribution >= 0.6 is 12.4 Å². The number of nitrogens with zero attached hydrogens (tertiary/aromatic N) is 1. The fraction of sp³-hybridized carbons (Fsp3) is 0.571. The molecule has 1 aliphatic rings. The van der Waals surface area contributed by atoms with Crippen molar-refractivity contribution >= 4 is 12.4 Å². The number of nitrogens with two attached hydrogens (primary N) is 1. The zero-order valence-electron chi connectivity index (χ0n) is 11.3. The summed E-state index contributed by atoms with van der Waals surface area (Å²) >= 11 is 0. The Labute approximate surface area is 120 Å². The molecule has 1 saturated heterocycles. The van der Waals surface area contributed by atoms with Crippen LogP contribution in [0.15, 0.2) is 18.2 Å². The summed E-state index contributed by atoms with van der Waals surface area (Å²) in [6.07, 6.45) is 2.05. The van der Waals surface area contributed by atoms with E-state index >= 15 is 0 Å². The molecule has 1 heterocycles. The molecule has 19 heavy (non-hydrogen) atoms. The highest BCUT2D eigenvalue weighted by molar-refractivity contribution is 5.85. The highest BCUT2D eigenvalue weighted by atomic mass is 35.5. The van der Waals surface area contributed by atoms with Crippen LogP contribution in [0.4, 0.5) is 4.39 Å². The predicted octanol–water partition coefficient (Wildman–Crippen LogP) is 2.57. The molecule has 0 aliphatic carbocycles. The van der Waals surface area contributed by atoms with Crippen molar-refractivity contribution in [2.75, 3.05) is 19.7 Å². The molecule has 2 N–H and O–H groups in total. The molecule has 0 bridgehead atoms. The quantitative estimate of drug-likeness (QED) is 0.925. The molecule has 2 rings (SSSR count). The molecule has 0 aromatic heterocycles. The van der Waals surface area contributed by atoms with Crippen molar-refractivity contribution in [1.82, 2.24) is 4.90 Å². The lowest BCUT2D eigenvalue weighted by atomic mass is 10.1. The lowest BCUT2D eigenvalue weighted by Gasteiger charge is -2.30. The maximum absolute atomic E-state index is 13.7. The smallest absolute Gasteiger partial charge is 0.165 e. The van der Waals surface area contributed by atoms with Crippen LogP contribution in [-0.4, -0.2) is 30.6 Å². The SMILES string of the molecule is CCOc1ccc(CN2CCC(N)CC2)cc1F.Cl. The van der Waals surface area contributed by atoms with Crippen molar-refractivity contribution < 1.29 is 9.13 Å². The average molecular weight is 289 g/mol. The Morgan fingerprint density at radius 2 is 2.05 bits per heavy atom. The summed E-state index contributed by atoms with van der Waals surface area (Å²) in [4.78, 5) is 2.32. The molecule has 0 atom stereocenters. The molecule has 0 radical (unpaired) electrons. The van der Waals surface area contributed by atoms with Crippen LogP contribution in [0.3, 0.4) is 0 Å². The maximum atomic E-state index is 13.7. The van der Waals surface area contributed by atoms with E-state index in [1.807, 2.05) is 13.0 Å². The van der Waals surface area contributed by atoms with Gasteiger partial charge in [-0.2, -0.15) is 0 Å². The average Bonchev–Trinajstić information content (AvgIpc) is 2.36. The number of hydrogen-bond donors (Lipinski definition) is 1. The minimum atomic E-state index is -0.275. The van der Waals surface area contributed by atoms with Crippen molar-refractivity contribution in [3.8, 4) is 5.75 Å². The van der Waals surface area contributed by atoms with Crippen LogP contribution in [-0.2, 0) is 6.54 Å². The Balaban J connectivity index is 0.00000180. The normalized spacial score (nSPS) is 17.0. The van der Waals surface area contributed by atoms with Crippen molar-refractivity contribution in [3.63, 3.8) is 0 Å². The summed E-state index contributed by atoms with van der Waals surface area (Å²) in [5.74, 6) is 0.0602. The van der Waals surface area contributed by atoms with E-state index in [1.54, 1.807) is 12.1 Å². The Hall–Kier alpha value is -0.840. The third-order valence-corrected chi connectivity index (χ3v) is 3.33. The van der Waals surface area contributed by atoms with Gasteiger partial charge in [-0.25, -0.2) is 4.39 Å². The number of benzene rings is 1. The molecule has 3 nitrogen and oxygen atoms in total. The second kappa shape index (κ2) is 7.68. The van der Waals surface area contributed by atoms with E-state index in [0.717, 1.165) is 38.0 Å². The summed E-state index contributed by atoms with van der Waals surface area (Å²) in [5, 5.41) is 0. The third kappa shape index (κ3) is 4.64. The molecule has 1 aromatic rings. The fourth-order valence-corrected chi connectivity index (χ4v) is 2.28. The first kappa shape index (κ1) is 16.2. The molecule has 0 unspecified atom stereocenters. The van der Waals surface area contributed by atoms with Crippen molar-refractivity contribution in [3.05, 3.63) is 29.6 Å². The monoisotopic (exact) mass is 288 g/mol. The number of hydrogen-bond acceptors (Lipinski definition) is 3. The van der Waals surface area contributed by atoms with Crippen LogP contribution in [0.1, 0.15) is 25.3 Å². The largest absolute Gasteiger partial charge is 0.491 e. The maximum Gasteiger partial charge on any atom is 0.165 e. The number of piperidine rings is 1. The van der Waals surface area contributed by atoms with Gasteiger partial charge in [0.05, 0.1) is 6.61 Å². The van der Waals surface area contributed by atoms with Gasteiger partial charge in [0.15, 0.2) is 11.6 Å². The number of likely N-dealkylation sites (tertiary alicyclic amines) is 1. The first-order valence-electron chi connectivity index (χ1n) is 6.58. The molecule has 5 heteroatoms. The van der Waals surface area contributed by atoms with Crippen LogP contribution in [0.5, 0.6) is 5.75 Å². The predicted molar refractivity (Wildman–Crippen MR) is 77.3 cm³/mol. The molecular weight excluding hydrogens is 267 g/mol. The van der Waals surface area contributed by atoms with E-state index in [9.17, 15) is 4.39 Å². The third-order valence-electron chi connectivity index (χ3n) is 3.33. The zero-order chi connectivity index (χ0) is 13.0. The van der Waals surface area contributed by atoms with Crippen molar-refractivity contribution in [2.24, 2.45) is 5.73 Å². The molecule has 0 spiro atoms. The minimum Gasteiger partial charge on any atom is -0.491 e. The molecule has 1 aliphatic heterocycles. The van der Waals surface area contributed by atoms with Gasteiger partial charge in [0, 0.05) is 12.6 Å². The Morgan fingerprint density at radius 1 is 1.37 bits per heavy atom. The van der Waals surface area contributed by atoms with Gasteiger partial charge in [0.25, 0.3) is 0 Å². The van der Waals surface area contributed by atoms with Gasteiger partial charge >= 0.3 is 0 Å². The van der Waals surface area contributed by atoms with Crippen molar-refractivity contribution in [1.29, 1.82) is 0 Å². The van der Waals surface area contributed by atoms with Gasteiger partial charge in [-0.15, -0.1) is 12.4 Å². The Morgan fingerprint density at radius 3 is 2.63 bits per heavy atom. The summed E-state index contributed by atoms with van der Waals surface area (Å²) < 4.78 is 18.9. The number of rotatable bonds is 4. The van der Waals surface area contributed by atoms with E-state index in [-0.39, 0.29) is 18.2 Å². The first-order valence-corrected chi connectivity index (χ1v) is 6.58. The van der Waals surface area contributed by atoms with E-state index in [1.165, 1.54) is 0 Å². The number of halogens is 2. The van der Waals surface area contributed by atoms with E-state index in [2.05, 4.69) is 4.90 Å². The summed E-state index contributed by atoms with van der Waals surface area (Å²) in [6, 6.07) is 5.55. The highest BCUT2D eigenvalue weighted by Gasteiger charge is 2.16. The first-order chi connectivity index (χ1) is 8.69. The lowest BCUT2D eigenvalue weighted by molar-refractivity contribution is 0.205. The van der Waals surface area contributed by atoms with E-state index in [4.69, 9.17) is 10.5 Å². The summed E-state index contributed by atoms with van der Waals surface area (Å²) in [6.45, 7) is 5.12.